The number of hydrogen-bond donors (Lipinski definition) is 0. The number of halogens is 2. The van der Waals surface area contributed by atoms with Crippen LogP contribution in [0, 0.1) is 3.57 Å². The van der Waals surface area contributed by atoms with Gasteiger partial charge in [-0.25, -0.2) is 9.97 Å². The van der Waals surface area contributed by atoms with E-state index in [-0.39, 0.29) is 0 Å². The molecule has 1 aromatic carbocycles. The van der Waals surface area contributed by atoms with Gasteiger partial charge in [-0.2, -0.15) is 0 Å². The zero-order valence-electron chi connectivity index (χ0n) is 8.23. The molecule has 0 aliphatic heterocycles. The van der Waals surface area contributed by atoms with Gasteiger partial charge in [0.05, 0.1) is 0 Å². The molecule has 0 fully saturated rings. The van der Waals surface area contributed by atoms with Crippen LogP contribution in [0.15, 0.2) is 41.1 Å². The molecule has 0 aliphatic rings. The lowest BCUT2D eigenvalue weighted by molar-refractivity contribution is 0.280. The highest BCUT2D eigenvalue weighted by molar-refractivity contribution is 14.1. The molecular weight excluding hydrogens is 383 g/mol. The number of benzene rings is 1. The van der Waals surface area contributed by atoms with E-state index in [0.29, 0.717) is 12.6 Å². The summed E-state index contributed by atoms with van der Waals surface area (Å²) in [6.45, 7) is 0.472. The van der Waals surface area contributed by atoms with Gasteiger partial charge in [-0.3, -0.25) is 0 Å². The molecule has 0 bridgehead atoms. The van der Waals surface area contributed by atoms with E-state index in [4.69, 9.17) is 4.74 Å². The first-order valence-corrected chi connectivity index (χ1v) is 6.46. The zero-order chi connectivity index (χ0) is 11.4. The average molecular weight is 391 g/mol. The second kappa shape index (κ2) is 5.58. The van der Waals surface area contributed by atoms with Crippen LogP contribution in [0.25, 0.3) is 0 Å². The van der Waals surface area contributed by atoms with E-state index in [2.05, 4.69) is 48.5 Å². The van der Waals surface area contributed by atoms with Crippen molar-refractivity contribution in [3.63, 3.8) is 0 Å². The minimum Gasteiger partial charge on any atom is -0.459 e. The van der Waals surface area contributed by atoms with E-state index >= 15 is 0 Å². The Hall–Kier alpha value is -0.690. The van der Waals surface area contributed by atoms with Crippen molar-refractivity contribution in [2.24, 2.45) is 0 Å². The van der Waals surface area contributed by atoms with E-state index in [1.807, 2.05) is 24.3 Å². The minimum absolute atomic E-state index is 0.403. The zero-order valence-corrected chi connectivity index (χ0v) is 12.0. The summed E-state index contributed by atoms with van der Waals surface area (Å²) in [5, 5.41) is 0. The van der Waals surface area contributed by atoms with Gasteiger partial charge < -0.3 is 4.74 Å². The standard InChI is InChI=1S/C11H8BrIN2O/c12-9-3-1-2-8(4-9)7-16-11-14-5-10(13)6-15-11/h1-6H,7H2. The highest BCUT2D eigenvalue weighted by Crippen LogP contribution is 2.13. The first-order chi connectivity index (χ1) is 7.74. The highest BCUT2D eigenvalue weighted by Gasteiger charge is 1.99. The van der Waals surface area contributed by atoms with Crippen LogP contribution in [-0.4, -0.2) is 9.97 Å². The van der Waals surface area contributed by atoms with Crippen LogP contribution in [0.2, 0.25) is 0 Å². The number of ether oxygens (including phenoxy) is 1. The molecular formula is C11H8BrIN2O. The van der Waals surface area contributed by atoms with Gasteiger partial charge in [0.1, 0.15) is 6.61 Å². The van der Waals surface area contributed by atoms with Crippen molar-refractivity contribution >= 4 is 38.5 Å². The molecule has 2 aromatic rings. The topological polar surface area (TPSA) is 35.0 Å². The molecule has 0 N–H and O–H groups in total. The van der Waals surface area contributed by atoms with Gasteiger partial charge in [0.15, 0.2) is 0 Å². The number of rotatable bonds is 3. The van der Waals surface area contributed by atoms with Crippen molar-refractivity contribution in [1.29, 1.82) is 0 Å². The third-order valence-corrected chi connectivity index (χ3v) is 2.90. The monoisotopic (exact) mass is 390 g/mol. The van der Waals surface area contributed by atoms with Gasteiger partial charge in [-0.1, -0.05) is 28.1 Å². The van der Waals surface area contributed by atoms with Crippen LogP contribution in [0.4, 0.5) is 0 Å². The number of aromatic nitrogens is 2. The Morgan fingerprint density at radius 3 is 2.69 bits per heavy atom. The third-order valence-electron chi connectivity index (χ3n) is 1.85. The largest absolute Gasteiger partial charge is 0.459 e. The van der Waals surface area contributed by atoms with Crippen molar-refractivity contribution in [3.8, 4) is 6.01 Å². The SMILES string of the molecule is Brc1cccc(COc2ncc(I)cn2)c1. The Balaban J connectivity index is 1.99. The molecule has 0 amide bonds. The Kier molecular flexibility index (Phi) is 4.11. The van der Waals surface area contributed by atoms with E-state index in [1.165, 1.54) is 0 Å². The third kappa shape index (κ3) is 3.41. The van der Waals surface area contributed by atoms with Gasteiger partial charge in [0.2, 0.25) is 0 Å². The van der Waals surface area contributed by atoms with Crippen LogP contribution in [-0.2, 0) is 6.61 Å². The predicted octanol–water partition coefficient (Wildman–Crippen LogP) is 3.42. The van der Waals surface area contributed by atoms with Crippen molar-refractivity contribution in [2.75, 3.05) is 0 Å². The molecule has 82 valence electrons. The smallest absolute Gasteiger partial charge is 0.316 e. The second-order valence-electron chi connectivity index (χ2n) is 3.10. The maximum atomic E-state index is 5.46. The lowest BCUT2D eigenvalue weighted by Gasteiger charge is -2.04. The molecule has 5 heteroatoms. The maximum Gasteiger partial charge on any atom is 0.316 e. The minimum atomic E-state index is 0.403. The van der Waals surface area contributed by atoms with E-state index in [9.17, 15) is 0 Å². The molecule has 0 aliphatic carbocycles. The second-order valence-corrected chi connectivity index (χ2v) is 5.26. The van der Waals surface area contributed by atoms with Crippen molar-refractivity contribution in [3.05, 3.63) is 50.3 Å². The summed E-state index contributed by atoms with van der Waals surface area (Å²) in [6, 6.07) is 8.35. The summed E-state index contributed by atoms with van der Waals surface area (Å²) >= 11 is 5.56. The van der Waals surface area contributed by atoms with E-state index < -0.39 is 0 Å². The Morgan fingerprint density at radius 2 is 2.00 bits per heavy atom. The normalized spacial score (nSPS) is 10.1. The fourth-order valence-electron chi connectivity index (χ4n) is 1.15. The molecule has 3 nitrogen and oxygen atoms in total. The summed E-state index contributed by atoms with van der Waals surface area (Å²) in [6.07, 6.45) is 3.45. The van der Waals surface area contributed by atoms with Crippen LogP contribution < -0.4 is 4.74 Å². The fraction of sp³-hybridized carbons (Fsp3) is 0.0909. The summed E-state index contributed by atoms with van der Waals surface area (Å²) in [4.78, 5) is 8.13. The van der Waals surface area contributed by atoms with Crippen LogP contribution in [0.1, 0.15) is 5.56 Å². The number of hydrogen-bond acceptors (Lipinski definition) is 3. The van der Waals surface area contributed by atoms with E-state index in [1.54, 1.807) is 12.4 Å². The van der Waals surface area contributed by atoms with Gasteiger partial charge >= 0.3 is 6.01 Å². The lowest BCUT2D eigenvalue weighted by Crippen LogP contribution is -1.99. The van der Waals surface area contributed by atoms with Crippen molar-refractivity contribution < 1.29 is 4.74 Å². The summed E-state index contributed by atoms with van der Waals surface area (Å²) < 4.78 is 7.49. The molecule has 0 atom stereocenters. The van der Waals surface area contributed by atoms with Crippen LogP contribution in [0.5, 0.6) is 6.01 Å². The predicted molar refractivity (Wildman–Crippen MR) is 73.2 cm³/mol. The lowest BCUT2D eigenvalue weighted by atomic mass is 10.2. The Bertz CT molecular complexity index is 476. The van der Waals surface area contributed by atoms with Crippen molar-refractivity contribution in [2.45, 2.75) is 6.61 Å². The molecule has 2 rings (SSSR count). The molecule has 0 saturated heterocycles. The highest BCUT2D eigenvalue weighted by atomic mass is 127. The molecule has 1 heterocycles. The maximum absolute atomic E-state index is 5.46. The fourth-order valence-corrected chi connectivity index (χ4v) is 1.87. The Morgan fingerprint density at radius 1 is 1.25 bits per heavy atom. The van der Waals surface area contributed by atoms with E-state index in [0.717, 1.165) is 13.6 Å². The van der Waals surface area contributed by atoms with Gasteiger partial charge in [0, 0.05) is 20.4 Å². The molecule has 0 unspecified atom stereocenters. The van der Waals surface area contributed by atoms with Gasteiger partial charge in [-0.15, -0.1) is 0 Å². The molecule has 0 radical (unpaired) electrons. The average Bonchev–Trinajstić information content (AvgIpc) is 2.28. The Labute approximate surface area is 116 Å². The van der Waals surface area contributed by atoms with Crippen LogP contribution in [0.3, 0.4) is 0 Å². The van der Waals surface area contributed by atoms with Gasteiger partial charge in [-0.05, 0) is 40.3 Å². The molecule has 16 heavy (non-hydrogen) atoms. The first kappa shape index (κ1) is 11.8. The summed E-state index contributed by atoms with van der Waals surface area (Å²) in [5.41, 5.74) is 1.08. The quantitative estimate of drug-likeness (QED) is 0.753. The first-order valence-electron chi connectivity index (χ1n) is 4.59. The molecule has 0 spiro atoms. The molecule has 1 aromatic heterocycles. The summed E-state index contributed by atoms with van der Waals surface area (Å²) in [7, 11) is 0. The molecule has 0 saturated carbocycles. The summed E-state index contributed by atoms with van der Waals surface area (Å²) in [5.74, 6) is 0. The van der Waals surface area contributed by atoms with Crippen LogP contribution >= 0.6 is 38.5 Å². The van der Waals surface area contributed by atoms with Gasteiger partial charge in [0.25, 0.3) is 0 Å². The number of nitrogens with zero attached hydrogens (tertiary/aromatic N) is 2. The van der Waals surface area contributed by atoms with Crippen molar-refractivity contribution in [1.82, 2.24) is 9.97 Å².